The standard InChI is InChI=1S/C14H20N2O3S/c1-11(17)12-5-3-7-14(9-12)20(18,19)15-13-6-4-8-16(2)10-13/h3,5,7,9,13,15H,4,6,8,10H2,1-2H3. The van der Waals surface area contributed by atoms with Crippen molar-refractivity contribution in [1.82, 2.24) is 9.62 Å². The van der Waals surface area contributed by atoms with Gasteiger partial charge in [0.2, 0.25) is 10.0 Å². The second-order valence-corrected chi connectivity index (χ2v) is 7.02. The summed E-state index contributed by atoms with van der Waals surface area (Å²) in [5, 5.41) is 0. The molecule has 0 aromatic heterocycles. The number of hydrogen-bond acceptors (Lipinski definition) is 4. The molecule has 20 heavy (non-hydrogen) atoms. The molecule has 5 nitrogen and oxygen atoms in total. The molecule has 0 spiro atoms. The number of benzene rings is 1. The Labute approximate surface area is 120 Å². The van der Waals surface area contributed by atoms with Crippen LogP contribution in [0.2, 0.25) is 0 Å². The van der Waals surface area contributed by atoms with E-state index in [1.807, 2.05) is 7.05 Å². The third-order valence-electron chi connectivity index (χ3n) is 3.50. The highest BCUT2D eigenvalue weighted by molar-refractivity contribution is 7.89. The van der Waals surface area contributed by atoms with Gasteiger partial charge in [-0.1, -0.05) is 12.1 Å². The normalized spacial score (nSPS) is 20.8. The van der Waals surface area contributed by atoms with Crippen LogP contribution in [0.3, 0.4) is 0 Å². The van der Waals surface area contributed by atoms with Crippen molar-refractivity contribution in [1.29, 1.82) is 0 Å². The first kappa shape index (κ1) is 15.2. The lowest BCUT2D eigenvalue weighted by Crippen LogP contribution is -2.46. The van der Waals surface area contributed by atoms with Crippen LogP contribution in [0.15, 0.2) is 29.2 Å². The molecule has 0 saturated carbocycles. The van der Waals surface area contributed by atoms with Crippen LogP contribution in [0.4, 0.5) is 0 Å². The van der Waals surface area contributed by atoms with E-state index in [1.54, 1.807) is 12.1 Å². The van der Waals surface area contributed by atoms with E-state index in [9.17, 15) is 13.2 Å². The highest BCUT2D eigenvalue weighted by atomic mass is 32.2. The summed E-state index contributed by atoms with van der Waals surface area (Å²) in [6, 6.07) is 6.09. The Morgan fingerprint density at radius 2 is 2.15 bits per heavy atom. The molecule has 0 amide bonds. The van der Waals surface area contributed by atoms with Gasteiger partial charge in [0, 0.05) is 18.2 Å². The van der Waals surface area contributed by atoms with Gasteiger partial charge in [0.1, 0.15) is 0 Å². The monoisotopic (exact) mass is 296 g/mol. The van der Waals surface area contributed by atoms with Crippen LogP contribution < -0.4 is 4.72 Å². The molecule has 1 aromatic carbocycles. The first-order chi connectivity index (χ1) is 9.38. The minimum Gasteiger partial charge on any atom is -0.305 e. The molecule has 0 radical (unpaired) electrons. The quantitative estimate of drug-likeness (QED) is 0.850. The summed E-state index contributed by atoms with van der Waals surface area (Å²) < 4.78 is 27.4. The molecule has 0 bridgehead atoms. The fourth-order valence-electron chi connectivity index (χ4n) is 2.43. The Balaban J connectivity index is 2.17. The van der Waals surface area contributed by atoms with E-state index < -0.39 is 10.0 Å². The summed E-state index contributed by atoms with van der Waals surface area (Å²) in [7, 11) is -1.59. The van der Waals surface area contributed by atoms with Crippen molar-refractivity contribution in [2.24, 2.45) is 0 Å². The number of rotatable bonds is 4. The van der Waals surface area contributed by atoms with Crippen molar-refractivity contribution < 1.29 is 13.2 Å². The van der Waals surface area contributed by atoms with Crippen LogP contribution >= 0.6 is 0 Å². The number of sulfonamides is 1. The minimum atomic E-state index is -3.57. The summed E-state index contributed by atoms with van der Waals surface area (Å²) >= 11 is 0. The van der Waals surface area contributed by atoms with Crippen molar-refractivity contribution >= 4 is 15.8 Å². The lowest BCUT2D eigenvalue weighted by molar-refractivity contribution is 0.101. The molecule has 1 aliphatic rings. The summed E-state index contributed by atoms with van der Waals surface area (Å²) in [4.78, 5) is 13.6. The summed E-state index contributed by atoms with van der Waals surface area (Å²) in [5.74, 6) is -0.139. The second-order valence-electron chi connectivity index (χ2n) is 5.31. The van der Waals surface area contributed by atoms with E-state index in [-0.39, 0.29) is 16.7 Å². The number of carbonyl (C=O) groups excluding carboxylic acids is 1. The summed E-state index contributed by atoms with van der Waals surface area (Å²) in [6.07, 6.45) is 1.83. The lowest BCUT2D eigenvalue weighted by Gasteiger charge is -2.30. The first-order valence-corrected chi connectivity index (χ1v) is 8.19. The zero-order chi connectivity index (χ0) is 14.8. The van der Waals surface area contributed by atoms with Crippen LogP contribution in [-0.2, 0) is 10.0 Å². The molecule has 110 valence electrons. The molecule has 2 rings (SSSR count). The number of hydrogen-bond donors (Lipinski definition) is 1. The molecule has 1 unspecified atom stereocenters. The Morgan fingerprint density at radius 3 is 2.80 bits per heavy atom. The maximum atomic E-state index is 12.3. The number of nitrogens with zero attached hydrogens (tertiary/aromatic N) is 1. The fourth-order valence-corrected chi connectivity index (χ4v) is 3.74. The van der Waals surface area contributed by atoms with E-state index in [1.165, 1.54) is 19.1 Å². The summed E-state index contributed by atoms with van der Waals surface area (Å²) in [5.41, 5.74) is 0.411. The van der Waals surface area contributed by atoms with Crippen molar-refractivity contribution in [2.75, 3.05) is 20.1 Å². The number of Topliss-reactive ketones (excluding diaryl/α,β-unsaturated/α-hetero) is 1. The van der Waals surface area contributed by atoms with Gasteiger partial charge in [-0.2, -0.15) is 0 Å². The topological polar surface area (TPSA) is 66.5 Å². The molecule has 0 aliphatic carbocycles. The Kier molecular flexibility index (Phi) is 4.57. The van der Waals surface area contributed by atoms with Crippen LogP contribution in [0, 0.1) is 0 Å². The van der Waals surface area contributed by atoms with Gasteiger partial charge >= 0.3 is 0 Å². The molecular weight excluding hydrogens is 276 g/mol. The van der Waals surface area contributed by atoms with E-state index in [0.717, 1.165) is 19.4 Å². The zero-order valence-corrected chi connectivity index (χ0v) is 12.6. The van der Waals surface area contributed by atoms with Crippen LogP contribution in [-0.4, -0.2) is 45.3 Å². The maximum absolute atomic E-state index is 12.3. The van der Waals surface area contributed by atoms with Crippen molar-refractivity contribution in [3.05, 3.63) is 29.8 Å². The minimum absolute atomic E-state index is 0.0697. The number of likely N-dealkylation sites (N-methyl/N-ethyl adjacent to an activating group) is 1. The molecule has 1 saturated heterocycles. The number of ketones is 1. The number of carbonyl (C=O) groups is 1. The van der Waals surface area contributed by atoms with Gasteiger partial charge in [0.15, 0.2) is 5.78 Å². The van der Waals surface area contributed by atoms with Gasteiger partial charge in [-0.25, -0.2) is 13.1 Å². The van der Waals surface area contributed by atoms with Crippen molar-refractivity contribution in [3.8, 4) is 0 Å². The summed E-state index contributed by atoms with van der Waals surface area (Å²) in [6.45, 7) is 3.14. The molecule has 1 aromatic rings. The van der Waals surface area contributed by atoms with Gasteiger partial charge < -0.3 is 4.90 Å². The van der Waals surface area contributed by atoms with Gasteiger partial charge in [0.25, 0.3) is 0 Å². The SMILES string of the molecule is CC(=O)c1cccc(S(=O)(=O)NC2CCCN(C)C2)c1. The molecule has 1 fully saturated rings. The second kappa shape index (κ2) is 6.03. The predicted octanol–water partition coefficient (Wildman–Crippen LogP) is 1.26. The van der Waals surface area contributed by atoms with E-state index in [4.69, 9.17) is 0 Å². The molecule has 6 heteroatoms. The largest absolute Gasteiger partial charge is 0.305 e. The van der Waals surface area contributed by atoms with Crippen LogP contribution in [0.5, 0.6) is 0 Å². The number of piperidine rings is 1. The molecule has 1 atom stereocenters. The Bertz CT molecular complexity index is 598. The molecule has 1 N–H and O–H groups in total. The highest BCUT2D eigenvalue weighted by Gasteiger charge is 2.24. The van der Waals surface area contributed by atoms with Gasteiger partial charge in [-0.3, -0.25) is 4.79 Å². The number of nitrogens with one attached hydrogen (secondary N) is 1. The zero-order valence-electron chi connectivity index (χ0n) is 11.8. The molecule has 1 heterocycles. The van der Waals surface area contributed by atoms with E-state index in [0.29, 0.717) is 12.1 Å². The van der Waals surface area contributed by atoms with E-state index >= 15 is 0 Å². The number of likely N-dealkylation sites (tertiary alicyclic amines) is 1. The predicted molar refractivity (Wildman–Crippen MR) is 77.3 cm³/mol. The van der Waals surface area contributed by atoms with Crippen molar-refractivity contribution in [2.45, 2.75) is 30.7 Å². The Hall–Kier alpha value is -1.24. The van der Waals surface area contributed by atoms with Gasteiger partial charge in [-0.15, -0.1) is 0 Å². The lowest BCUT2D eigenvalue weighted by atomic mass is 10.1. The molecule has 1 aliphatic heterocycles. The fraction of sp³-hybridized carbons (Fsp3) is 0.500. The average Bonchev–Trinajstić information content (AvgIpc) is 2.38. The smallest absolute Gasteiger partial charge is 0.240 e. The average molecular weight is 296 g/mol. The van der Waals surface area contributed by atoms with Crippen LogP contribution in [0.1, 0.15) is 30.1 Å². The van der Waals surface area contributed by atoms with E-state index in [2.05, 4.69) is 9.62 Å². The van der Waals surface area contributed by atoms with Crippen molar-refractivity contribution in [3.63, 3.8) is 0 Å². The van der Waals surface area contributed by atoms with Gasteiger partial charge in [0.05, 0.1) is 4.90 Å². The Morgan fingerprint density at radius 1 is 1.40 bits per heavy atom. The third kappa shape index (κ3) is 3.65. The third-order valence-corrected chi connectivity index (χ3v) is 5.02. The first-order valence-electron chi connectivity index (χ1n) is 6.70. The maximum Gasteiger partial charge on any atom is 0.240 e. The molecular formula is C14H20N2O3S. The highest BCUT2D eigenvalue weighted by Crippen LogP contribution is 2.15. The van der Waals surface area contributed by atoms with Crippen LogP contribution in [0.25, 0.3) is 0 Å². The van der Waals surface area contributed by atoms with Gasteiger partial charge in [-0.05, 0) is 45.5 Å².